The molecule has 1 aliphatic heterocycles. The van der Waals surface area contributed by atoms with Crippen molar-refractivity contribution in [1.29, 1.82) is 0 Å². The number of aryl methyl sites for hydroxylation is 2. The summed E-state index contributed by atoms with van der Waals surface area (Å²) in [6.45, 7) is 1.93. The number of anilines is 2. The van der Waals surface area contributed by atoms with Crippen LogP contribution in [0.1, 0.15) is 28.0 Å². The van der Waals surface area contributed by atoms with Crippen LogP contribution in [-0.4, -0.2) is 22.8 Å². The van der Waals surface area contributed by atoms with Gasteiger partial charge in [0.05, 0.1) is 11.7 Å². The molecule has 0 radical (unpaired) electrons. The standard InChI is InChI=1S/C20H20N4O2/c1-11-18(14-4-2-3-5-17(14)22-11)24-19(25)13-7-9-16-12(10-13)6-8-15(21)20(26)23-16/h2-5,7,9-10,15,22H,6,8,21H2,1H3,(H,23,26)(H,24,25). The predicted octanol–water partition coefficient (Wildman–Crippen LogP) is 2.94. The highest BCUT2D eigenvalue weighted by molar-refractivity contribution is 6.10. The van der Waals surface area contributed by atoms with E-state index >= 15 is 0 Å². The quantitative estimate of drug-likeness (QED) is 0.573. The van der Waals surface area contributed by atoms with Crippen LogP contribution in [0, 0.1) is 6.92 Å². The van der Waals surface area contributed by atoms with E-state index in [-0.39, 0.29) is 11.8 Å². The Morgan fingerprint density at radius 3 is 2.88 bits per heavy atom. The first-order valence-corrected chi connectivity index (χ1v) is 8.61. The second kappa shape index (κ2) is 6.31. The van der Waals surface area contributed by atoms with Crippen LogP contribution >= 0.6 is 0 Å². The lowest BCUT2D eigenvalue weighted by atomic mass is 10.0. The zero-order valence-electron chi connectivity index (χ0n) is 14.4. The lowest BCUT2D eigenvalue weighted by Gasteiger charge is -2.10. The Hall–Kier alpha value is -3.12. The Morgan fingerprint density at radius 1 is 1.23 bits per heavy atom. The molecule has 0 bridgehead atoms. The summed E-state index contributed by atoms with van der Waals surface area (Å²) in [6.07, 6.45) is 1.22. The number of rotatable bonds is 2. The number of hydrogen-bond acceptors (Lipinski definition) is 3. The zero-order valence-corrected chi connectivity index (χ0v) is 14.4. The van der Waals surface area contributed by atoms with Crippen molar-refractivity contribution in [2.75, 3.05) is 10.6 Å². The molecule has 6 heteroatoms. The molecule has 6 nitrogen and oxygen atoms in total. The number of carbonyl (C=O) groups excluding carboxylic acids is 2. The van der Waals surface area contributed by atoms with Gasteiger partial charge >= 0.3 is 0 Å². The van der Waals surface area contributed by atoms with Crippen molar-refractivity contribution in [3.63, 3.8) is 0 Å². The van der Waals surface area contributed by atoms with Crippen molar-refractivity contribution in [3.8, 4) is 0 Å². The molecular weight excluding hydrogens is 328 g/mol. The minimum atomic E-state index is -0.520. The molecule has 0 saturated heterocycles. The zero-order chi connectivity index (χ0) is 18.3. The molecule has 1 unspecified atom stereocenters. The summed E-state index contributed by atoms with van der Waals surface area (Å²) in [5, 5.41) is 6.80. The van der Waals surface area contributed by atoms with Gasteiger partial charge in [0.25, 0.3) is 5.91 Å². The van der Waals surface area contributed by atoms with E-state index in [0.29, 0.717) is 18.4 Å². The molecule has 4 rings (SSSR count). The van der Waals surface area contributed by atoms with Gasteiger partial charge in [-0.05, 0) is 49.6 Å². The first-order chi connectivity index (χ1) is 12.5. The maximum absolute atomic E-state index is 12.8. The topological polar surface area (TPSA) is 100 Å². The molecule has 1 aromatic heterocycles. The van der Waals surface area contributed by atoms with Crippen LogP contribution in [0.5, 0.6) is 0 Å². The number of fused-ring (bicyclic) bond motifs is 2. The molecule has 1 aliphatic rings. The van der Waals surface area contributed by atoms with Gasteiger partial charge in [-0.3, -0.25) is 9.59 Å². The van der Waals surface area contributed by atoms with Gasteiger partial charge in [-0.2, -0.15) is 0 Å². The van der Waals surface area contributed by atoms with Crippen LogP contribution in [0.15, 0.2) is 42.5 Å². The monoisotopic (exact) mass is 348 g/mol. The second-order valence-electron chi connectivity index (χ2n) is 6.63. The maximum Gasteiger partial charge on any atom is 0.255 e. The fourth-order valence-corrected chi connectivity index (χ4v) is 3.35. The number of benzene rings is 2. The largest absolute Gasteiger partial charge is 0.357 e. The molecule has 2 aromatic carbocycles. The van der Waals surface area contributed by atoms with E-state index in [4.69, 9.17) is 5.73 Å². The minimum absolute atomic E-state index is 0.180. The lowest BCUT2D eigenvalue weighted by Crippen LogP contribution is -2.34. The minimum Gasteiger partial charge on any atom is -0.357 e. The number of amides is 2. The number of aromatic nitrogens is 1. The smallest absolute Gasteiger partial charge is 0.255 e. The summed E-state index contributed by atoms with van der Waals surface area (Å²) in [5.74, 6) is -0.365. The van der Waals surface area contributed by atoms with Crippen molar-refractivity contribution < 1.29 is 9.59 Å². The van der Waals surface area contributed by atoms with Gasteiger partial charge in [-0.15, -0.1) is 0 Å². The number of nitrogens with one attached hydrogen (secondary N) is 3. The fraction of sp³-hybridized carbons (Fsp3) is 0.200. The summed E-state index contributed by atoms with van der Waals surface area (Å²) in [5.41, 5.74) is 10.7. The summed E-state index contributed by atoms with van der Waals surface area (Å²) < 4.78 is 0. The Labute approximate surface area is 150 Å². The van der Waals surface area contributed by atoms with Crippen molar-refractivity contribution in [3.05, 3.63) is 59.3 Å². The SMILES string of the molecule is Cc1[nH]c2ccccc2c1NC(=O)c1ccc2c(c1)CCC(N)C(=O)N2. The number of para-hydroxylation sites is 1. The first-order valence-electron chi connectivity index (χ1n) is 8.61. The van der Waals surface area contributed by atoms with E-state index in [1.807, 2.05) is 37.3 Å². The normalized spacial score (nSPS) is 16.7. The lowest BCUT2D eigenvalue weighted by molar-refractivity contribution is -0.117. The highest BCUT2D eigenvalue weighted by atomic mass is 16.2. The van der Waals surface area contributed by atoms with E-state index in [9.17, 15) is 9.59 Å². The van der Waals surface area contributed by atoms with E-state index in [1.54, 1.807) is 12.1 Å². The van der Waals surface area contributed by atoms with E-state index < -0.39 is 6.04 Å². The Morgan fingerprint density at radius 2 is 2.04 bits per heavy atom. The summed E-state index contributed by atoms with van der Waals surface area (Å²) in [4.78, 5) is 27.9. The predicted molar refractivity (Wildman–Crippen MR) is 102 cm³/mol. The molecule has 3 aromatic rings. The third-order valence-electron chi connectivity index (χ3n) is 4.82. The van der Waals surface area contributed by atoms with Crippen LogP contribution in [0.2, 0.25) is 0 Å². The number of H-pyrrole nitrogens is 1. The van der Waals surface area contributed by atoms with Crippen molar-refractivity contribution in [2.45, 2.75) is 25.8 Å². The third kappa shape index (κ3) is 2.84. The van der Waals surface area contributed by atoms with Gasteiger partial charge in [-0.25, -0.2) is 0 Å². The molecule has 132 valence electrons. The second-order valence-corrected chi connectivity index (χ2v) is 6.63. The van der Waals surface area contributed by atoms with Gasteiger partial charge in [0.15, 0.2) is 0 Å². The van der Waals surface area contributed by atoms with Crippen molar-refractivity contribution in [1.82, 2.24) is 4.98 Å². The highest BCUT2D eigenvalue weighted by Crippen LogP contribution is 2.28. The van der Waals surface area contributed by atoms with Gasteiger partial charge in [0.2, 0.25) is 5.91 Å². The van der Waals surface area contributed by atoms with E-state index in [0.717, 1.165) is 33.5 Å². The van der Waals surface area contributed by atoms with Gasteiger partial charge in [0.1, 0.15) is 0 Å². The molecule has 26 heavy (non-hydrogen) atoms. The first kappa shape index (κ1) is 16.4. The Kier molecular flexibility index (Phi) is 3.97. The molecule has 0 aliphatic carbocycles. The summed E-state index contributed by atoms with van der Waals surface area (Å²) in [7, 11) is 0. The number of nitrogens with two attached hydrogens (primary N) is 1. The van der Waals surface area contributed by atoms with Crippen LogP contribution in [0.3, 0.4) is 0 Å². The van der Waals surface area contributed by atoms with Gasteiger partial charge in [-0.1, -0.05) is 18.2 Å². The Balaban J connectivity index is 1.63. The average Bonchev–Trinajstić information content (AvgIpc) is 2.87. The van der Waals surface area contributed by atoms with E-state index in [2.05, 4.69) is 15.6 Å². The summed E-state index contributed by atoms with van der Waals surface area (Å²) >= 11 is 0. The average molecular weight is 348 g/mol. The van der Waals surface area contributed by atoms with Gasteiger partial charge < -0.3 is 21.4 Å². The molecule has 0 spiro atoms. The van der Waals surface area contributed by atoms with Gasteiger partial charge in [0, 0.05) is 27.8 Å². The fourth-order valence-electron chi connectivity index (χ4n) is 3.35. The molecule has 2 heterocycles. The molecular formula is C20H20N4O2. The number of carbonyl (C=O) groups is 2. The number of aromatic amines is 1. The molecule has 0 saturated carbocycles. The van der Waals surface area contributed by atoms with Crippen LogP contribution < -0.4 is 16.4 Å². The molecule has 1 atom stereocenters. The van der Waals surface area contributed by atoms with Crippen molar-refractivity contribution in [2.24, 2.45) is 5.73 Å². The van der Waals surface area contributed by atoms with E-state index in [1.165, 1.54) is 0 Å². The Bertz CT molecular complexity index is 1020. The number of hydrogen-bond donors (Lipinski definition) is 4. The van der Waals surface area contributed by atoms with Crippen LogP contribution in [-0.2, 0) is 11.2 Å². The van der Waals surface area contributed by atoms with Crippen molar-refractivity contribution >= 4 is 34.1 Å². The van der Waals surface area contributed by atoms with Crippen LogP contribution in [0.4, 0.5) is 11.4 Å². The third-order valence-corrected chi connectivity index (χ3v) is 4.82. The molecule has 5 N–H and O–H groups in total. The molecule has 0 fully saturated rings. The molecule has 2 amide bonds. The highest BCUT2D eigenvalue weighted by Gasteiger charge is 2.21. The summed E-state index contributed by atoms with van der Waals surface area (Å²) in [6, 6.07) is 12.6. The van der Waals surface area contributed by atoms with Crippen LogP contribution in [0.25, 0.3) is 10.9 Å². The maximum atomic E-state index is 12.8.